The molecule has 220 valence electrons. The molecule has 10 heteroatoms. The summed E-state index contributed by atoms with van der Waals surface area (Å²) in [6, 6.07) is 13.5. The van der Waals surface area contributed by atoms with Gasteiger partial charge in [0.15, 0.2) is 0 Å². The lowest BCUT2D eigenvalue weighted by atomic mass is 9.80. The van der Waals surface area contributed by atoms with Gasteiger partial charge in [0.2, 0.25) is 5.03 Å². The maximum absolute atomic E-state index is 13.4. The topological polar surface area (TPSA) is 108 Å². The van der Waals surface area contributed by atoms with Gasteiger partial charge in [-0.3, -0.25) is 0 Å². The van der Waals surface area contributed by atoms with Crippen molar-refractivity contribution in [3.63, 3.8) is 0 Å². The highest BCUT2D eigenvalue weighted by atomic mass is 32.2. The molecule has 0 radical (unpaired) electrons. The number of aryl methyl sites for hydroxylation is 3. The van der Waals surface area contributed by atoms with Gasteiger partial charge in [0.1, 0.15) is 22.0 Å². The van der Waals surface area contributed by atoms with Gasteiger partial charge in [0, 0.05) is 24.6 Å². The van der Waals surface area contributed by atoms with Gasteiger partial charge in [0.05, 0.1) is 6.33 Å². The Morgan fingerprint density at radius 1 is 1.20 bits per heavy atom. The monoisotopic (exact) mass is 598 g/mol. The van der Waals surface area contributed by atoms with E-state index in [1.54, 1.807) is 26.1 Å². The van der Waals surface area contributed by atoms with E-state index in [-0.39, 0.29) is 33.8 Å². The number of hydrogen-bond acceptors (Lipinski definition) is 8. The molecule has 4 rings (SSSR count). The van der Waals surface area contributed by atoms with E-state index in [1.165, 1.54) is 17.1 Å². The lowest BCUT2D eigenvalue weighted by molar-refractivity contribution is -0.164. The molecule has 1 N–H and O–H groups in total. The third kappa shape index (κ3) is 6.81. The van der Waals surface area contributed by atoms with Crippen LogP contribution in [0.25, 0.3) is 0 Å². The van der Waals surface area contributed by atoms with Crippen LogP contribution in [0.1, 0.15) is 64.2 Å². The number of thioether (sulfide) groups is 1. The summed E-state index contributed by atoms with van der Waals surface area (Å²) in [6.45, 7) is 11.7. The molecule has 8 nitrogen and oxygen atoms in total. The summed E-state index contributed by atoms with van der Waals surface area (Å²) >= 11 is 1.14. The smallest absolute Gasteiger partial charge is 0.358 e. The Hall–Kier alpha value is -3.24. The molecule has 2 heterocycles. The molecule has 0 saturated heterocycles. The summed E-state index contributed by atoms with van der Waals surface area (Å²) in [7, 11) is -2.47. The molecule has 1 aliphatic heterocycles. The third-order valence-corrected chi connectivity index (χ3v) is 9.66. The number of aromatic nitrogens is 2. The number of carbonyl (C=O) groups is 1. The van der Waals surface area contributed by atoms with Crippen molar-refractivity contribution in [3.8, 4) is 5.75 Å². The number of esters is 1. The summed E-state index contributed by atoms with van der Waals surface area (Å²) < 4.78 is 38.9. The number of benzene rings is 2. The number of ether oxygens (including phenoxy) is 1. The van der Waals surface area contributed by atoms with E-state index >= 15 is 0 Å². The van der Waals surface area contributed by atoms with Crippen LogP contribution in [0.15, 0.2) is 75.6 Å². The van der Waals surface area contributed by atoms with E-state index < -0.39 is 27.1 Å². The van der Waals surface area contributed by atoms with Gasteiger partial charge in [-0.05, 0) is 59.9 Å². The summed E-state index contributed by atoms with van der Waals surface area (Å²) in [4.78, 5) is 18.2. The molecule has 0 saturated carbocycles. The normalized spacial score (nSPS) is 18.1. The molecular weight excluding hydrogens is 560 g/mol. The van der Waals surface area contributed by atoms with Crippen LogP contribution >= 0.6 is 11.8 Å². The number of aliphatic hydroxyl groups excluding tert-OH is 1. The van der Waals surface area contributed by atoms with E-state index in [0.29, 0.717) is 16.9 Å². The molecule has 2 aromatic carbocycles. The Balaban J connectivity index is 1.64. The molecule has 1 aromatic heterocycles. The molecule has 41 heavy (non-hydrogen) atoms. The Labute approximate surface area is 246 Å². The third-order valence-electron chi connectivity index (χ3n) is 7.38. The molecule has 0 amide bonds. The van der Waals surface area contributed by atoms with Crippen molar-refractivity contribution in [1.29, 1.82) is 0 Å². The van der Waals surface area contributed by atoms with Crippen molar-refractivity contribution in [2.75, 3.05) is 0 Å². The zero-order valence-corrected chi connectivity index (χ0v) is 26.2. The van der Waals surface area contributed by atoms with Gasteiger partial charge in [-0.15, -0.1) is 0 Å². The predicted molar refractivity (Wildman–Crippen MR) is 159 cm³/mol. The first-order valence-corrected chi connectivity index (χ1v) is 15.8. The highest BCUT2D eigenvalue weighted by Crippen LogP contribution is 2.46. The minimum Gasteiger partial charge on any atom is -0.511 e. The molecule has 0 spiro atoms. The maximum atomic E-state index is 13.4. The number of rotatable bonds is 9. The van der Waals surface area contributed by atoms with Crippen LogP contribution < -0.4 is 4.18 Å². The fourth-order valence-corrected chi connectivity index (χ4v) is 7.03. The van der Waals surface area contributed by atoms with Crippen molar-refractivity contribution >= 4 is 27.8 Å². The second-order valence-corrected chi connectivity index (χ2v) is 14.5. The van der Waals surface area contributed by atoms with Crippen LogP contribution in [-0.2, 0) is 38.5 Å². The number of cyclic esters (lactones) is 1. The summed E-state index contributed by atoms with van der Waals surface area (Å²) in [5, 5.41) is 11.0. The van der Waals surface area contributed by atoms with Crippen molar-refractivity contribution in [1.82, 2.24) is 9.55 Å². The number of carbonyl (C=O) groups excluding carboxylic acids is 1. The molecule has 0 bridgehead atoms. The summed E-state index contributed by atoms with van der Waals surface area (Å²) in [5.41, 5.74) is 1.21. The van der Waals surface area contributed by atoms with Gasteiger partial charge in [-0.2, -0.15) is 8.42 Å². The Kier molecular flexibility index (Phi) is 8.66. The van der Waals surface area contributed by atoms with Gasteiger partial charge < -0.3 is 18.6 Å². The summed E-state index contributed by atoms with van der Waals surface area (Å²) in [5.74, 6) is -0.387. The lowest BCUT2D eigenvalue weighted by Gasteiger charge is -2.40. The quantitative estimate of drug-likeness (QED) is 0.216. The largest absolute Gasteiger partial charge is 0.511 e. The molecule has 1 aliphatic rings. The molecule has 1 atom stereocenters. The fraction of sp³-hybridized carbons (Fsp3) is 0.419. The average Bonchev–Trinajstić information content (AvgIpc) is 3.33. The average molecular weight is 599 g/mol. The van der Waals surface area contributed by atoms with Crippen LogP contribution in [0.3, 0.4) is 0 Å². The predicted octanol–water partition coefficient (Wildman–Crippen LogP) is 6.63. The second kappa shape index (κ2) is 11.6. The highest BCUT2D eigenvalue weighted by molar-refractivity contribution is 8.04. The van der Waals surface area contributed by atoms with E-state index in [0.717, 1.165) is 29.3 Å². The minimum absolute atomic E-state index is 0.00332. The molecular formula is C31H38N2O6S2. The van der Waals surface area contributed by atoms with Crippen molar-refractivity contribution < 1.29 is 27.2 Å². The van der Waals surface area contributed by atoms with Crippen LogP contribution in [0.4, 0.5) is 0 Å². The van der Waals surface area contributed by atoms with Gasteiger partial charge >= 0.3 is 16.1 Å². The van der Waals surface area contributed by atoms with E-state index in [2.05, 4.69) is 4.98 Å². The van der Waals surface area contributed by atoms with Crippen LogP contribution in [-0.4, -0.2) is 34.6 Å². The highest BCUT2D eigenvalue weighted by Gasteiger charge is 2.44. The number of imidazole rings is 1. The van der Waals surface area contributed by atoms with Crippen LogP contribution in [0.5, 0.6) is 5.75 Å². The Bertz CT molecular complexity index is 1570. The first kappa shape index (κ1) is 30.7. The number of hydrogen-bond donors (Lipinski definition) is 1. The molecule has 0 aliphatic carbocycles. The standard InChI is InChI=1S/C31H38N2O6S2/c1-20(2)31(14-13-22-11-9-8-10-12-22)17-24(34)28(29(35)38-31)40-26-15-21(3)25(16-23(26)30(4,5)6)39-41(36,37)27-18-33(7)19-32-27/h8-12,15-16,18-20,34H,13-14,17H2,1-7H3. The number of nitrogens with zero attached hydrogens (tertiary/aromatic N) is 2. The van der Waals surface area contributed by atoms with Gasteiger partial charge in [-0.1, -0.05) is 76.7 Å². The van der Waals surface area contributed by atoms with Crippen molar-refractivity contribution in [3.05, 3.63) is 82.3 Å². The van der Waals surface area contributed by atoms with E-state index in [9.17, 15) is 18.3 Å². The minimum atomic E-state index is -4.14. The van der Waals surface area contributed by atoms with Crippen molar-refractivity contribution in [2.45, 2.75) is 81.7 Å². The van der Waals surface area contributed by atoms with Crippen LogP contribution in [0.2, 0.25) is 0 Å². The SMILES string of the molecule is Cc1cc(SC2=C(O)CC(CCc3ccccc3)(C(C)C)OC2=O)c(C(C)(C)C)cc1OS(=O)(=O)c1cn(C)cn1. The van der Waals surface area contributed by atoms with E-state index in [1.807, 2.05) is 65.0 Å². The summed E-state index contributed by atoms with van der Waals surface area (Å²) in [6.07, 6.45) is 4.30. The Morgan fingerprint density at radius 3 is 2.44 bits per heavy atom. The maximum Gasteiger partial charge on any atom is 0.358 e. The fourth-order valence-electron chi connectivity index (χ4n) is 4.81. The van der Waals surface area contributed by atoms with Gasteiger partial charge in [-0.25, -0.2) is 9.78 Å². The number of aliphatic hydroxyl groups is 1. The lowest BCUT2D eigenvalue weighted by Crippen LogP contribution is -2.44. The Morgan fingerprint density at radius 2 is 1.88 bits per heavy atom. The van der Waals surface area contributed by atoms with Gasteiger partial charge in [0.25, 0.3) is 0 Å². The molecule has 1 unspecified atom stereocenters. The second-order valence-electron chi connectivity index (χ2n) is 11.9. The van der Waals surface area contributed by atoms with Crippen molar-refractivity contribution in [2.24, 2.45) is 13.0 Å². The zero-order valence-electron chi connectivity index (χ0n) is 24.6. The van der Waals surface area contributed by atoms with E-state index in [4.69, 9.17) is 8.92 Å². The first-order chi connectivity index (χ1) is 19.1. The molecule has 3 aromatic rings. The zero-order chi connectivity index (χ0) is 30.2. The molecule has 0 fully saturated rings. The van der Waals surface area contributed by atoms with Crippen LogP contribution in [0, 0.1) is 12.8 Å². The first-order valence-electron chi connectivity index (χ1n) is 13.6.